The molecular formula is C22H26N6OS. The lowest BCUT2D eigenvalue weighted by Gasteiger charge is -2.38. The fourth-order valence-electron chi connectivity index (χ4n) is 4.31. The van der Waals surface area contributed by atoms with Crippen molar-refractivity contribution in [2.75, 3.05) is 49.1 Å². The van der Waals surface area contributed by atoms with Gasteiger partial charge >= 0.3 is 0 Å². The fraction of sp³-hybridized carbons (Fsp3) is 0.455. The highest BCUT2D eigenvalue weighted by atomic mass is 32.1. The molecular weight excluding hydrogens is 396 g/mol. The van der Waals surface area contributed by atoms with E-state index in [1.807, 2.05) is 11.0 Å². The number of piperazine rings is 1. The molecule has 2 fully saturated rings. The van der Waals surface area contributed by atoms with Crippen LogP contribution in [0.2, 0.25) is 0 Å². The van der Waals surface area contributed by atoms with Crippen molar-refractivity contribution in [1.82, 2.24) is 19.9 Å². The van der Waals surface area contributed by atoms with Gasteiger partial charge in [-0.3, -0.25) is 4.79 Å². The number of piperidine rings is 1. The topological polar surface area (TPSA) is 65.5 Å². The minimum Gasteiger partial charge on any atom is -0.348 e. The lowest BCUT2D eigenvalue weighted by molar-refractivity contribution is -0.136. The molecule has 1 amide bonds. The van der Waals surface area contributed by atoms with Crippen LogP contribution in [0.4, 0.5) is 11.1 Å². The number of anilines is 2. The third-order valence-electron chi connectivity index (χ3n) is 6.07. The standard InChI is InChI=1S/C22H26N6OS/c1-16-3-4-18-19(15-16)30-22(25-18)28-9-5-17(6-10-28)20(29)26-11-13-27(14-12-26)21-23-7-2-8-24-21/h2-4,7-8,15,17H,5-6,9-14H2,1H3. The van der Waals surface area contributed by atoms with Crippen LogP contribution in [0.25, 0.3) is 10.2 Å². The minimum atomic E-state index is 0.123. The van der Waals surface area contributed by atoms with Gasteiger partial charge in [0.05, 0.1) is 10.2 Å². The Bertz CT molecular complexity index is 1020. The molecule has 2 aliphatic heterocycles. The molecule has 0 spiro atoms. The van der Waals surface area contributed by atoms with Crippen LogP contribution in [0.3, 0.4) is 0 Å². The normalized spacial score (nSPS) is 18.2. The van der Waals surface area contributed by atoms with Crippen molar-refractivity contribution in [3.63, 3.8) is 0 Å². The Morgan fingerprint density at radius 3 is 2.47 bits per heavy atom. The second kappa shape index (κ2) is 8.18. The van der Waals surface area contributed by atoms with Crippen LogP contribution in [0.15, 0.2) is 36.7 Å². The molecule has 3 aromatic rings. The summed E-state index contributed by atoms with van der Waals surface area (Å²) in [6.45, 7) is 6.98. The molecule has 156 valence electrons. The molecule has 7 nitrogen and oxygen atoms in total. The number of nitrogens with zero attached hydrogens (tertiary/aromatic N) is 6. The smallest absolute Gasteiger partial charge is 0.225 e. The highest BCUT2D eigenvalue weighted by molar-refractivity contribution is 7.22. The van der Waals surface area contributed by atoms with Crippen LogP contribution in [0.5, 0.6) is 0 Å². The van der Waals surface area contributed by atoms with E-state index in [1.54, 1.807) is 23.7 Å². The van der Waals surface area contributed by atoms with Gasteiger partial charge in [0.1, 0.15) is 0 Å². The zero-order chi connectivity index (χ0) is 20.5. The maximum atomic E-state index is 13.1. The summed E-state index contributed by atoms with van der Waals surface area (Å²) in [7, 11) is 0. The first-order valence-corrected chi connectivity index (χ1v) is 11.4. The monoisotopic (exact) mass is 422 g/mol. The van der Waals surface area contributed by atoms with Gasteiger partial charge in [-0.2, -0.15) is 0 Å². The first kappa shape index (κ1) is 19.2. The van der Waals surface area contributed by atoms with E-state index < -0.39 is 0 Å². The van der Waals surface area contributed by atoms with Gasteiger partial charge in [-0.1, -0.05) is 17.4 Å². The van der Waals surface area contributed by atoms with E-state index in [0.29, 0.717) is 5.91 Å². The molecule has 2 saturated heterocycles. The zero-order valence-electron chi connectivity index (χ0n) is 17.2. The van der Waals surface area contributed by atoms with Crippen molar-refractivity contribution < 1.29 is 4.79 Å². The van der Waals surface area contributed by atoms with Crippen molar-refractivity contribution in [1.29, 1.82) is 0 Å². The number of carbonyl (C=O) groups excluding carboxylic acids is 1. The predicted octanol–water partition coefficient (Wildman–Crippen LogP) is 2.96. The highest BCUT2D eigenvalue weighted by Crippen LogP contribution is 2.32. The van der Waals surface area contributed by atoms with E-state index in [0.717, 1.165) is 68.7 Å². The average Bonchev–Trinajstić information content (AvgIpc) is 3.23. The maximum Gasteiger partial charge on any atom is 0.225 e. The molecule has 0 saturated carbocycles. The highest BCUT2D eigenvalue weighted by Gasteiger charge is 2.31. The van der Waals surface area contributed by atoms with Crippen LogP contribution in [-0.4, -0.2) is 65.0 Å². The lowest BCUT2D eigenvalue weighted by atomic mass is 9.95. The number of amides is 1. The van der Waals surface area contributed by atoms with E-state index in [2.05, 4.69) is 44.9 Å². The summed E-state index contributed by atoms with van der Waals surface area (Å²) in [6, 6.07) is 8.24. The van der Waals surface area contributed by atoms with E-state index in [9.17, 15) is 4.79 Å². The number of fused-ring (bicyclic) bond motifs is 1. The second-order valence-corrected chi connectivity index (χ2v) is 9.10. The number of rotatable bonds is 3. The average molecular weight is 423 g/mol. The first-order valence-electron chi connectivity index (χ1n) is 10.6. The van der Waals surface area contributed by atoms with Crippen molar-refractivity contribution in [2.45, 2.75) is 19.8 Å². The maximum absolute atomic E-state index is 13.1. The molecule has 8 heteroatoms. The molecule has 0 aliphatic carbocycles. The Hall–Kier alpha value is -2.74. The predicted molar refractivity (Wildman–Crippen MR) is 120 cm³/mol. The molecule has 30 heavy (non-hydrogen) atoms. The molecule has 0 atom stereocenters. The Morgan fingerprint density at radius 1 is 1.00 bits per heavy atom. The summed E-state index contributed by atoms with van der Waals surface area (Å²) in [5, 5.41) is 1.08. The first-order chi connectivity index (χ1) is 14.7. The van der Waals surface area contributed by atoms with Crippen molar-refractivity contribution in [3.8, 4) is 0 Å². The quantitative estimate of drug-likeness (QED) is 0.647. The van der Waals surface area contributed by atoms with E-state index in [-0.39, 0.29) is 5.92 Å². The summed E-state index contributed by atoms with van der Waals surface area (Å²) >= 11 is 1.76. The molecule has 1 aromatic carbocycles. The number of hydrogen-bond acceptors (Lipinski definition) is 7. The largest absolute Gasteiger partial charge is 0.348 e. The molecule has 0 radical (unpaired) electrons. The van der Waals surface area contributed by atoms with Crippen LogP contribution in [-0.2, 0) is 4.79 Å². The van der Waals surface area contributed by atoms with Gasteiger partial charge in [-0.05, 0) is 43.5 Å². The summed E-state index contributed by atoms with van der Waals surface area (Å²) in [4.78, 5) is 33.0. The number of benzene rings is 1. The van der Waals surface area contributed by atoms with Crippen molar-refractivity contribution in [3.05, 3.63) is 42.2 Å². The Balaban J connectivity index is 1.16. The van der Waals surface area contributed by atoms with E-state index >= 15 is 0 Å². The lowest BCUT2D eigenvalue weighted by Crippen LogP contribution is -2.52. The number of aryl methyl sites for hydroxylation is 1. The summed E-state index contributed by atoms with van der Waals surface area (Å²) in [5.41, 5.74) is 2.33. The third-order valence-corrected chi connectivity index (χ3v) is 7.15. The van der Waals surface area contributed by atoms with Crippen molar-refractivity contribution in [2.24, 2.45) is 5.92 Å². The Labute approximate surface area is 180 Å². The minimum absolute atomic E-state index is 0.123. The van der Waals surface area contributed by atoms with Gasteiger partial charge < -0.3 is 14.7 Å². The molecule has 4 heterocycles. The zero-order valence-corrected chi connectivity index (χ0v) is 18.0. The number of carbonyl (C=O) groups is 1. The molecule has 0 unspecified atom stereocenters. The van der Waals surface area contributed by atoms with E-state index in [4.69, 9.17) is 4.98 Å². The molecule has 5 rings (SSSR count). The van der Waals surface area contributed by atoms with Gasteiger partial charge in [0.25, 0.3) is 0 Å². The molecule has 0 N–H and O–H groups in total. The van der Waals surface area contributed by atoms with Crippen molar-refractivity contribution >= 4 is 38.5 Å². The second-order valence-electron chi connectivity index (χ2n) is 8.09. The van der Waals surface area contributed by atoms with Crippen LogP contribution in [0.1, 0.15) is 18.4 Å². The summed E-state index contributed by atoms with van der Waals surface area (Å²) in [5.74, 6) is 1.18. The number of hydrogen-bond donors (Lipinski definition) is 0. The van der Waals surface area contributed by atoms with Crippen LogP contribution in [0, 0.1) is 12.8 Å². The number of aromatic nitrogens is 3. The van der Waals surface area contributed by atoms with Crippen LogP contribution >= 0.6 is 11.3 Å². The van der Waals surface area contributed by atoms with Gasteiger partial charge in [0.15, 0.2) is 5.13 Å². The van der Waals surface area contributed by atoms with Crippen LogP contribution < -0.4 is 9.80 Å². The Kier molecular flexibility index (Phi) is 5.25. The molecule has 2 aliphatic rings. The fourth-order valence-corrected chi connectivity index (χ4v) is 5.43. The molecule has 2 aromatic heterocycles. The molecule has 0 bridgehead atoms. The van der Waals surface area contributed by atoms with Gasteiger partial charge in [0.2, 0.25) is 11.9 Å². The number of thiazole rings is 1. The van der Waals surface area contributed by atoms with E-state index in [1.165, 1.54) is 10.3 Å². The van der Waals surface area contributed by atoms with Gasteiger partial charge in [-0.25, -0.2) is 15.0 Å². The summed E-state index contributed by atoms with van der Waals surface area (Å²) in [6.07, 6.45) is 5.33. The SMILES string of the molecule is Cc1ccc2nc(N3CCC(C(=O)N4CCN(c5ncccn5)CC4)CC3)sc2c1. The Morgan fingerprint density at radius 2 is 1.73 bits per heavy atom. The van der Waals surface area contributed by atoms with Gasteiger partial charge in [-0.15, -0.1) is 0 Å². The third kappa shape index (κ3) is 3.84. The van der Waals surface area contributed by atoms with Gasteiger partial charge in [0, 0.05) is 57.6 Å². The summed E-state index contributed by atoms with van der Waals surface area (Å²) < 4.78 is 1.24.